The molecule has 0 bridgehead atoms. The van der Waals surface area contributed by atoms with Crippen LogP contribution in [0.4, 0.5) is 0 Å². The van der Waals surface area contributed by atoms with Crippen molar-refractivity contribution < 1.29 is 13.2 Å². The predicted molar refractivity (Wildman–Crippen MR) is 82.4 cm³/mol. The Bertz CT molecular complexity index is 629. The van der Waals surface area contributed by atoms with Crippen LogP contribution in [0.25, 0.3) is 0 Å². The molecule has 0 heterocycles. The summed E-state index contributed by atoms with van der Waals surface area (Å²) in [4.78, 5) is 12.4. The number of carbonyl (C=O) groups is 1. The lowest BCUT2D eigenvalue weighted by Gasteiger charge is -2.17. The maximum atomic E-state index is 12.4. The van der Waals surface area contributed by atoms with Crippen molar-refractivity contribution in [1.82, 2.24) is 5.32 Å². The van der Waals surface area contributed by atoms with Gasteiger partial charge in [-0.15, -0.1) is 0 Å². The number of aryl methyl sites for hydroxylation is 2. The van der Waals surface area contributed by atoms with Crippen LogP contribution in [0, 0.1) is 13.8 Å². The highest BCUT2D eigenvalue weighted by Gasteiger charge is 2.51. The van der Waals surface area contributed by atoms with E-state index in [-0.39, 0.29) is 11.7 Å². The number of nitrogens with one attached hydrogen (secondary N) is 1. The Morgan fingerprint density at radius 1 is 1.24 bits per heavy atom. The van der Waals surface area contributed by atoms with Crippen LogP contribution in [0.3, 0.4) is 0 Å². The van der Waals surface area contributed by atoms with Crippen LogP contribution < -0.4 is 10.5 Å². The maximum absolute atomic E-state index is 12.4. The molecule has 1 fully saturated rings. The number of carbonyl (C=O) groups excluding carboxylic acids is 1. The van der Waals surface area contributed by atoms with Crippen LogP contribution >= 0.6 is 0 Å². The third-order valence-electron chi connectivity index (χ3n) is 3.85. The van der Waals surface area contributed by atoms with Crippen LogP contribution in [0.5, 0.6) is 0 Å². The number of hydrogen-bond acceptors (Lipinski definition) is 3. The van der Waals surface area contributed by atoms with Gasteiger partial charge in [-0.25, -0.2) is 13.6 Å². The minimum absolute atomic E-state index is 0.0121. The van der Waals surface area contributed by atoms with Gasteiger partial charge in [-0.2, -0.15) is 0 Å². The van der Waals surface area contributed by atoms with Gasteiger partial charge in [0.25, 0.3) is 0 Å². The van der Waals surface area contributed by atoms with Gasteiger partial charge in [-0.3, -0.25) is 4.79 Å². The molecule has 0 aromatic heterocycles. The van der Waals surface area contributed by atoms with Crippen LogP contribution in [0.2, 0.25) is 0 Å². The third-order valence-corrected chi connectivity index (χ3v) is 4.71. The Balaban J connectivity index is 1.98. The number of amides is 1. The third kappa shape index (κ3) is 4.04. The fourth-order valence-electron chi connectivity index (χ4n) is 2.67. The van der Waals surface area contributed by atoms with E-state index in [1.807, 2.05) is 13.8 Å². The van der Waals surface area contributed by atoms with E-state index in [0.29, 0.717) is 13.0 Å². The summed E-state index contributed by atoms with van der Waals surface area (Å²) >= 11 is 0. The molecule has 21 heavy (non-hydrogen) atoms. The van der Waals surface area contributed by atoms with Gasteiger partial charge in [0.2, 0.25) is 15.9 Å². The van der Waals surface area contributed by atoms with Gasteiger partial charge in [0.1, 0.15) is 0 Å². The Labute approximate surface area is 126 Å². The molecule has 6 heteroatoms. The van der Waals surface area contributed by atoms with Crippen molar-refractivity contribution in [3.8, 4) is 0 Å². The molecule has 5 nitrogen and oxygen atoms in total. The molecule has 1 saturated carbocycles. The lowest BCUT2D eigenvalue weighted by atomic mass is 9.92. The topological polar surface area (TPSA) is 89.3 Å². The van der Waals surface area contributed by atoms with E-state index in [9.17, 15) is 13.2 Å². The molecular weight excluding hydrogens is 288 g/mol. The molecular formula is C15H22N2O3S. The van der Waals surface area contributed by atoms with Gasteiger partial charge in [-0.1, -0.05) is 29.3 Å². The first-order valence-corrected chi connectivity index (χ1v) is 8.82. The summed E-state index contributed by atoms with van der Waals surface area (Å²) in [6.45, 7) is 4.38. The van der Waals surface area contributed by atoms with Crippen LogP contribution in [0.15, 0.2) is 18.2 Å². The van der Waals surface area contributed by atoms with Gasteiger partial charge < -0.3 is 5.32 Å². The molecule has 1 aromatic rings. The Kier molecular flexibility index (Phi) is 4.39. The van der Waals surface area contributed by atoms with E-state index in [1.165, 1.54) is 0 Å². The predicted octanol–water partition coefficient (Wildman–Crippen LogP) is 1.13. The van der Waals surface area contributed by atoms with Crippen LogP contribution in [-0.4, -0.2) is 26.6 Å². The summed E-state index contributed by atoms with van der Waals surface area (Å²) in [5, 5.41) is 7.77. The molecule has 0 radical (unpaired) electrons. The first-order chi connectivity index (χ1) is 9.73. The molecule has 0 saturated heterocycles. The molecule has 0 atom stereocenters. The van der Waals surface area contributed by atoms with E-state index in [4.69, 9.17) is 5.14 Å². The monoisotopic (exact) mass is 310 g/mol. The summed E-state index contributed by atoms with van der Waals surface area (Å²) in [5.41, 5.74) is 2.94. The fraction of sp³-hybridized carbons (Fsp3) is 0.533. The molecule has 1 aliphatic rings. The normalized spacial score (nSPS) is 16.5. The highest BCUT2D eigenvalue weighted by atomic mass is 32.2. The van der Waals surface area contributed by atoms with Crippen LogP contribution in [-0.2, 0) is 20.2 Å². The van der Waals surface area contributed by atoms with Gasteiger partial charge in [0.15, 0.2) is 0 Å². The molecule has 0 aliphatic heterocycles. The van der Waals surface area contributed by atoms with E-state index in [2.05, 4.69) is 23.5 Å². The zero-order valence-electron chi connectivity index (χ0n) is 12.5. The number of sulfonamides is 1. The molecule has 116 valence electrons. The zero-order chi connectivity index (χ0) is 15.7. The minimum atomic E-state index is -3.46. The second kappa shape index (κ2) is 5.77. The number of nitrogens with two attached hydrogens (primary N) is 1. The van der Waals surface area contributed by atoms with Crippen molar-refractivity contribution in [1.29, 1.82) is 0 Å². The molecule has 2 rings (SSSR count). The fourth-order valence-corrected chi connectivity index (χ4v) is 3.21. The van der Waals surface area contributed by atoms with E-state index in [1.54, 1.807) is 0 Å². The van der Waals surface area contributed by atoms with Crippen molar-refractivity contribution in [2.75, 3.05) is 12.3 Å². The summed E-state index contributed by atoms with van der Waals surface area (Å²) < 4.78 is 21.7. The highest BCUT2D eigenvalue weighted by molar-refractivity contribution is 7.89. The second-order valence-electron chi connectivity index (χ2n) is 5.93. The van der Waals surface area contributed by atoms with Crippen molar-refractivity contribution in [2.24, 2.45) is 5.14 Å². The lowest BCUT2D eigenvalue weighted by Crippen LogP contribution is -2.36. The summed E-state index contributed by atoms with van der Waals surface area (Å²) in [6.07, 6.45) is 2.03. The van der Waals surface area contributed by atoms with E-state index in [0.717, 1.165) is 29.5 Å². The first-order valence-electron chi connectivity index (χ1n) is 7.10. The van der Waals surface area contributed by atoms with E-state index < -0.39 is 15.4 Å². The zero-order valence-corrected chi connectivity index (χ0v) is 13.3. The standard InChI is InChI=1S/C15H22N2O3S/c1-11-8-12(2)10-13(9-11)15(4-5-15)14(18)17-6-3-7-21(16,19)20/h8-10H,3-7H2,1-2H3,(H,17,18)(H2,16,19,20). The van der Waals surface area contributed by atoms with Crippen molar-refractivity contribution in [3.63, 3.8) is 0 Å². The highest BCUT2D eigenvalue weighted by Crippen LogP contribution is 2.48. The molecule has 0 unspecified atom stereocenters. The van der Waals surface area contributed by atoms with Gasteiger partial charge in [0, 0.05) is 6.54 Å². The molecule has 3 N–H and O–H groups in total. The summed E-state index contributed by atoms with van der Waals surface area (Å²) in [5.74, 6) is -0.119. The Morgan fingerprint density at radius 3 is 2.29 bits per heavy atom. The van der Waals surface area contributed by atoms with Crippen molar-refractivity contribution in [2.45, 2.75) is 38.5 Å². The smallest absolute Gasteiger partial charge is 0.230 e. The van der Waals surface area contributed by atoms with Crippen molar-refractivity contribution >= 4 is 15.9 Å². The van der Waals surface area contributed by atoms with Crippen LogP contribution in [0.1, 0.15) is 36.0 Å². The molecule has 1 amide bonds. The van der Waals surface area contributed by atoms with Crippen molar-refractivity contribution in [3.05, 3.63) is 34.9 Å². The maximum Gasteiger partial charge on any atom is 0.230 e. The number of primary sulfonamides is 1. The minimum Gasteiger partial charge on any atom is -0.355 e. The quantitative estimate of drug-likeness (QED) is 0.772. The summed E-state index contributed by atoms with van der Waals surface area (Å²) in [6, 6.07) is 6.21. The Morgan fingerprint density at radius 2 is 1.81 bits per heavy atom. The number of hydrogen-bond donors (Lipinski definition) is 2. The first kappa shape index (κ1) is 16.0. The average molecular weight is 310 g/mol. The lowest BCUT2D eigenvalue weighted by molar-refractivity contribution is -0.123. The van der Waals surface area contributed by atoms with Gasteiger partial charge in [0.05, 0.1) is 11.2 Å². The van der Waals surface area contributed by atoms with Gasteiger partial charge >= 0.3 is 0 Å². The number of benzene rings is 1. The molecule has 1 aromatic carbocycles. The molecule has 0 spiro atoms. The van der Waals surface area contributed by atoms with E-state index >= 15 is 0 Å². The van der Waals surface area contributed by atoms with Gasteiger partial charge in [-0.05, 0) is 38.7 Å². The Hall–Kier alpha value is -1.40. The SMILES string of the molecule is Cc1cc(C)cc(C2(C(=O)NCCCS(N)(=O)=O)CC2)c1. The second-order valence-corrected chi connectivity index (χ2v) is 7.67. The molecule has 1 aliphatic carbocycles. The average Bonchev–Trinajstić information content (AvgIpc) is 3.13. The number of rotatable bonds is 6. The largest absolute Gasteiger partial charge is 0.355 e. The summed E-state index contributed by atoms with van der Waals surface area (Å²) in [7, 11) is -3.46.